The van der Waals surface area contributed by atoms with Crippen molar-refractivity contribution < 1.29 is 9.53 Å². The summed E-state index contributed by atoms with van der Waals surface area (Å²) in [6, 6.07) is 0. The molecule has 4 heteroatoms. The summed E-state index contributed by atoms with van der Waals surface area (Å²) in [5.74, 6) is 1.31. The van der Waals surface area contributed by atoms with Gasteiger partial charge in [-0.05, 0) is 64.8 Å². The van der Waals surface area contributed by atoms with E-state index in [-0.39, 0.29) is 11.9 Å². The van der Waals surface area contributed by atoms with E-state index in [2.05, 4.69) is 23.9 Å². The molecule has 0 amide bonds. The van der Waals surface area contributed by atoms with Crippen LogP contribution in [-0.2, 0) is 9.53 Å². The molecule has 0 N–H and O–H groups in total. The van der Waals surface area contributed by atoms with E-state index in [4.69, 9.17) is 4.74 Å². The molecule has 0 radical (unpaired) electrons. The number of hydrogen-bond acceptors (Lipinski definition) is 4. The van der Waals surface area contributed by atoms with Crippen molar-refractivity contribution in [3.8, 4) is 0 Å². The fourth-order valence-corrected chi connectivity index (χ4v) is 3.55. The van der Waals surface area contributed by atoms with Gasteiger partial charge in [-0.15, -0.1) is 0 Å². The van der Waals surface area contributed by atoms with Crippen molar-refractivity contribution in [1.29, 1.82) is 0 Å². The van der Waals surface area contributed by atoms with Crippen molar-refractivity contribution in [3.63, 3.8) is 0 Å². The normalized spacial score (nSPS) is 32.4. The summed E-state index contributed by atoms with van der Waals surface area (Å²) in [7, 11) is 5.80. The summed E-state index contributed by atoms with van der Waals surface area (Å²) in [6.07, 6.45) is 3.61. The van der Waals surface area contributed by atoms with Crippen molar-refractivity contribution in [3.05, 3.63) is 0 Å². The van der Waals surface area contributed by atoms with Crippen LogP contribution in [0.15, 0.2) is 0 Å². The van der Waals surface area contributed by atoms with Crippen LogP contribution in [0.4, 0.5) is 0 Å². The highest BCUT2D eigenvalue weighted by Gasteiger charge is 2.39. The van der Waals surface area contributed by atoms with Gasteiger partial charge in [0.2, 0.25) is 0 Å². The molecule has 18 heavy (non-hydrogen) atoms. The number of methoxy groups -OCH3 is 1. The van der Waals surface area contributed by atoms with E-state index in [0.717, 1.165) is 19.5 Å². The third-order valence-corrected chi connectivity index (χ3v) is 4.74. The average molecular weight is 254 g/mol. The largest absolute Gasteiger partial charge is 0.469 e. The molecule has 0 aromatic rings. The molecule has 2 rings (SSSR count). The lowest BCUT2D eigenvalue weighted by Gasteiger charge is -2.42. The molecule has 2 fully saturated rings. The number of esters is 1. The van der Waals surface area contributed by atoms with Crippen molar-refractivity contribution in [1.82, 2.24) is 9.80 Å². The smallest absolute Gasteiger partial charge is 0.310 e. The highest BCUT2D eigenvalue weighted by atomic mass is 16.5. The molecule has 4 nitrogen and oxygen atoms in total. The summed E-state index contributed by atoms with van der Waals surface area (Å²) in [6.45, 7) is 4.32. The minimum Gasteiger partial charge on any atom is -0.469 e. The molecule has 2 aliphatic heterocycles. The minimum absolute atomic E-state index is 0.00882. The Morgan fingerprint density at radius 2 is 1.67 bits per heavy atom. The van der Waals surface area contributed by atoms with E-state index >= 15 is 0 Å². The molecule has 0 spiro atoms. The maximum Gasteiger partial charge on any atom is 0.310 e. The maximum absolute atomic E-state index is 12.0. The molecule has 0 bridgehead atoms. The Bertz CT molecular complexity index is 288. The molecule has 2 saturated heterocycles. The van der Waals surface area contributed by atoms with E-state index in [1.54, 1.807) is 0 Å². The summed E-state index contributed by atoms with van der Waals surface area (Å²) in [5.41, 5.74) is 0. The first-order valence-corrected chi connectivity index (χ1v) is 7.06. The second-order valence-corrected chi connectivity index (χ2v) is 5.99. The molecule has 2 aliphatic rings. The lowest BCUT2D eigenvalue weighted by molar-refractivity contribution is -0.151. The number of likely N-dealkylation sites (tertiary alicyclic amines) is 2. The van der Waals surface area contributed by atoms with Gasteiger partial charge in [-0.1, -0.05) is 0 Å². The predicted octanol–water partition coefficient (Wildman–Crippen LogP) is 1.07. The average Bonchev–Trinajstić information content (AvgIpc) is 2.39. The third-order valence-electron chi connectivity index (χ3n) is 4.74. The molecule has 0 saturated carbocycles. The first kappa shape index (κ1) is 13.8. The highest BCUT2D eigenvalue weighted by Crippen LogP contribution is 2.36. The van der Waals surface area contributed by atoms with Crippen LogP contribution in [0.1, 0.15) is 19.3 Å². The molecule has 104 valence electrons. The zero-order valence-electron chi connectivity index (χ0n) is 11.9. The van der Waals surface area contributed by atoms with Crippen LogP contribution in [0.3, 0.4) is 0 Å². The Morgan fingerprint density at radius 1 is 1.06 bits per heavy atom. The standard InChI is InChI=1S/C14H26N2O2/c1-15-7-4-11(5-8-15)12-6-9-16(2)10-13(12)14(17)18-3/h11-13H,4-10H2,1-3H3. The second kappa shape index (κ2) is 6.02. The maximum atomic E-state index is 12.0. The van der Waals surface area contributed by atoms with E-state index < -0.39 is 0 Å². The number of hydrogen-bond donors (Lipinski definition) is 0. The van der Waals surface area contributed by atoms with Crippen LogP contribution >= 0.6 is 0 Å². The van der Waals surface area contributed by atoms with Crippen LogP contribution in [0.2, 0.25) is 0 Å². The van der Waals surface area contributed by atoms with Gasteiger partial charge in [-0.25, -0.2) is 0 Å². The van der Waals surface area contributed by atoms with Gasteiger partial charge >= 0.3 is 5.97 Å². The van der Waals surface area contributed by atoms with E-state index in [0.29, 0.717) is 11.8 Å². The van der Waals surface area contributed by atoms with Gasteiger partial charge in [0.15, 0.2) is 0 Å². The fourth-order valence-electron chi connectivity index (χ4n) is 3.55. The van der Waals surface area contributed by atoms with Crippen molar-refractivity contribution in [2.24, 2.45) is 17.8 Å². The van der Waals surface area contributed by atoms with Gasteiger partial charge in [0, 0.05) is 6.54 Å². The van der Waals surface area contributed by atoms with Crippen LogP contribution in [-0.4, -0.2) is 63.2 Å². The summed E-state index contributed by atoms with van der Waals surface area (Å²) >= 11 is 0. The van der Waals surface area contributed by atoms with Crippen molar-refractivity contribution >= 4 is 5.97 Å². The number of nitrogens with zero attached hydrogens (tertiary/aromatic N) is 2. The molecular weight excluding hydrogens is 228 g/mol. The molecule has 2 unspecified atom stereocenters. The Kier molecular flexibility index (Phi) is 4.62. The second-order valence-electron chi connectivity index (χ2n) is 5.99. The van der Waals surface area contributed by atoms with E-state index in [1.165, 1.54) is 33.0 Å². The Labute approximate surface area is 110 Å². The lowest BCUT2D eigenvalue weighted by atomic mass is 9.73. The van der Waals surface area contributed by atoms with E-state index in [9.17, 15) is 4.79 Å². The third kappa shape index (κ3) is 3.04. The van der Waals surface area contributed by atoms with Crippen molar-refractivity contribution in [2.75, 3.05) is 47.4 Å². The Balaban J connectivity index is 2.01. The number of carbonyl (C=O) groups excluding carboxylic acids is 1. The lowest BCUT2D eigenvalue weighted by Crippen LogP contribution is -2.47. The highest BCUT2D eigenvalue weighted by molar-refractivity contribution is 5.73. The van der Waals surface area contributed by atoms with Crippen LogP contribution in [0.5, 0.6) is 0 Å². The van der Waals surface area contributed by atoms with Gasteiger partial charge < -0.3 is 14.5 Å². The Morgan fingerprint density at radius 3 is 2.28 bits per heavy atom. The van der Waals surface area contributed by atoms with Crippen LogP contribution < -0.4 is 0 Å². The van der Waals surface area contributed by atoms with Crippen LogP contribution in [0, 0.1) is 17.8 Å². The summed E-state index contributed by atoms with van der Waals surface area (Å²) in [4.78, 5) is 16.6. The predicted molar refractivity (Wildman–Crippen MR) is 71.3 cm³/mol. The topological polar surface area (TPSA) is 32.8 Å². The fraction of sp³-hybridized carbons (Fsp3) is 0.929. The van der Waals surface area contributed by atoms with Gasteiger partial charge in [-0.2, -0.15) is 0 Å². The molecule has 0 aromatic heterocycles. The summed E-state index contributed by atoms with van der Waals surface area (Å²) in [5, 5.41) is 0. The van der Waals surface area contributed by atoms with Gasteiger partial charge in [-0.3, -0.25) is 4.79 Å². The summed E-state index contributed by atoms with van der Waals surface area (Å²) < 4.78 is 5.00. The van der Waals surface area contributed by atoms with Crippen LogP contribution in [0.25, 0.3) is 0 Å². The molecule has 0 aromatic carbocycles. The van der Waals surface area contributed by atoms with Crippen molar-refractivity contribution in [2.45, 2.75) is 19.3 Å². The van der Waals surface area contributed by atoms with Gasteiger partial charge in [0.1, 0.15) is 0 Å². The first-order chi connectivity index (χ1) is 8.61. The molecule has 0 aliphatic carbocycles. The number of piperidine rings is 2. The minimum atomic E-state index is -0.00882. The number of ether oxygens (including phenoxy) is 1. The zero-order chi connectivity index (χ0) is 13.1. The Hall–Kier alpha value is -0.610. The SMILES string of the molecule is COC(=O)C1CN(C)CCC1C1CCN(C)CC1. The van der Waals surface area contributed by atoms with Gasteiger partial charge in [0.25, 0.3) is 0 Å². The van der Waals surface area contributed by atoms with E-state index in [1.807, 2.05) is 0 Å². The van der Waals surface area contributed by atoms with Gasteiger partial charge in [0.05, 0.1) is 13.0 Å². The first-order valence-electron chi connectivity index (χ1n) is 7.06. The molecule has 2 atom stereocenters. The monoisotopic (exact) mass is 254 g/mol. The molecule has 2 heterocycles. The quantitative estimate of drug-likeness (QED) is 0.690. The zero-order valence-corrected chi connectivity index (χ0v) is 11.9. The molecular formula is C14H26N2O2. The number of rotatable bonds is 2. The number of carbonyl (C=O) groups is 1.